The molecule has 22 heavy (non-hydrogen) atoms. The number of nitrogens with one attached hydrogen (secondary N) is 1. The van der Waals surface area contributed by atoms with E-state index in [2.05, 4.69) is 17.4 Å². The molecule has 0 spiro atoms. The van der Waals surface area contributed by atoms with Gasteiger partial charge in [-0.05, 0) is 35.8 Å². The molecule has 0 aliphatic heterocycles. The average Bonchev–Trinajstić information content (AvgIpc) is 2.80. The standard InChI is InChI=1S/C17H25NO3S/c1-13(2)12-22(20,21)10-9-18-17(19)11-15-8-7-14-5-3-4-6-16(14)15/h3-6,13,15H,7-12H2,1-2H3,(H,18,19)/t15-/m0/s1. The molecule has 0 radical (unpaired) electrons. The molecule has 1 aliphatic rings. The third-order valence-electron chi connectivity index (χ3n) is 4.01. The molecule has 0 saturated heterocycles. The number of fused-ring (bicyclic) bond motifs is 1. The van der Waals surface area contributed by atoms with Crippen molar-refractivity contribution in [3.05, 3.63) is 35.4 Å². The highest BCUT2D eigenvalue weighted by Gasteiger charge is 2.24. The van der Waals surface area contributed by atoms with Crippen LogP contribution in [0.1, 0.15) is 43.7 Å². The Hall–Kier alpha value is -1.36. The molecule has 0 fully saturated rings. The number of benzene rings is 1. The molecule has 1 N–H and O–H groups in total. The fraction of sp³-hybridized carbons (Fsp3) is 0.588. The fourth-order valence-electron chi connectivity index (χ4n) is 3.09. The molecule has 0 saturated carbocycles. The van der Waals surface area contributed by atoms with Crippen LogP contribution in [0, 0.1) is 5.92 Å². The lowest BCUT2D eigenvalue weighted by Crippen LogP contribution is -2.31. The van der Waals surface area contributed by atoms with Crippen molar-refractivity contribution in [3.8, 4) is 0 Å². The molecule has 1 aliphatic carbocycles. The zero-order valence-corrected chi connectivity index (χ0v) is 14.2. The summed E-state index contributed by atoms with van der Waals surface area (Å²) >= 11 is 0. The highest BCUT2D eigenvalue weighted by Crippen LogP contribution is 2.34. The summed E-state index contributed by atoms with van der Waals surface area (Å²) in [5, 5.41) is 2.75. The lowest BCUT2D eigenvalue weighted by molar-refractivity contribution is -0.121. The second kappa shape index (κ2) is 7.27. The Balaban J connectivity index is 1.78. The van der Waals surface area contributed by atoms with Crippen LogP contribution in [-0.2, 0) is 21.1 Å². The van der Waals surface area contributed by atoms with E-state index >= 15 is 0 Å². The van der Waals surface area contributed by atoms with E-state index in [1.165, 1.54) is 11.1 Å². The molecule has 122 valence electrons. The molecule has 1 aromatic rings. The van der Waals surface area contributed by atoms with E-state index in [4.69, 9.17) is 0 Å². The Bertz CT molecular complexity index is 623. The van der Waals surface area contributed by atoms with Crippen LogP contribution in [0.15, 0.2) is 24.3 Å². The van der Waals surface area contributed by atoms with E-state index in [9.17, 15) is 13.2 Å². The minimum Gasteiger partial charge on any atom is -0.355 e. The minimum absolute atomic E-state index is 0.0260. The number of amides is 1. The van der Waals surface area contributed by atoms with Crippen LogP contribution in [0.4, 0.5) is 0 Å². The molecule has 2 rings (SSSR count). The van der Waals surface area contributed by atoms with Gasteiger partial charge in [-0.2, -0.15) is 0 Å². The summed E-state index contributed by atoms with van der Waals surface area (Å²) in [6, 6.07) is 8.24. The van der Waals surface area contributed by atoms with Gasteiger partial charge in [-0.1, -0.05) is 38.1 Å². The molecule has 0 heterocycles. The third kappa shape index (κ3) is 4.83. The highest BCUT2D eigenvalue weighted by atomic mass is 32.2. The van der Waals surface area contributed by atoms with Gasteiger partial charge in [0.2, 0.25) is 5.91 Å². The number of hydrogen-bond donors (Lipinski definition) is 1. The number of sulfone groups is 1. The first-order valence-corrected chi connectivity index (χ1v) is 9.74. The molecular weight excluding hydrogens is 298 g/mol. The van der Waals surface area contributed by atoms with Gasteiger partial charge in [-0.3, -0.25) is 4.79 Å². The van der Waals surface area contributed by atoms with E-state index in [0.29, 0.717) is 6.42 Å². The van der Waals surface area contributed by atoms with Crippen molar-refractivity contribution in [3.63, 3.8) is 0 Å². The van der Waals surface area contributed by atoms with E-state index in [0.717, 1.165) is 12.8 Å². The smallest absolute Gasteiger partial charge is 0.220 e. The van der Waals surface area contributed by atoms with Crippen LogP contribution >= 0.6 is 0 Å². The zero-order chi connectivity index (χ0) is 16.2. The topological polar surface area (TPSA) is 63.2 Å². The van der Waals surface area contributed by atoms with Gasteiger partial charge < -0.3 is 5.32 Å². The summed E-state index contributed by atoms with van der Waals surface area (Å²) in [5.74, 6) is 0.539. The number of carbonyl (C=O) groups is 1. The summed E-state index contributed by atoms with van der Waals surface area (Å²) in [5.41, 5.74) is 2.60. The van der Waals surface area contributed by atoms with Gasteiger partial charge in [0.05, 0.1) is 11.5 Å². The summed E-state index contributed by atoms with van der Waals surface area (Å²) in [4.78, 5) is 12.0. The van der Waals surface area contributed by atoms with Crippen molar-refractivity contribution >= 4 is 15.7 Å². The number of hydrogen-bond acceptors (Lipinski definition) is 3. The van der Waals surface area contributed by atoms with Gasteiger partial charge in [-0.15, -0.1) is 0 Å². The Labute approximate surface area is 133 Å². The number of aryl methyl sites for hydroxylation is 1. The lowest BCUT2D eigenvalue weighted by atomic mass is 9.97. The van der Waals surface area contributed by atoms with Crippen molar-refractivity contribution in [2.75, 3.05) is 18.1 Å². The zero-order valence-electron chi connectivity index (χ0n) is 13.3. The Morgan fingerprint density at radius 2 is 2.05 bits per heavy atom. The molecular formula is C17H25NO3S. The average molecular weight is 323 g/mol. The predicted molar refractivity (Wildman–Crippen MR) is 88.6 cm³/mol. The quantitative estimate of drug-likeness (QED) is 0.837. The maximum Gasteiger partial charge on any atom is 0.220 e. The largest absolute Gasteiger partial charge is 0.355 e. The van der Waals surface area contributed by atoms with E-state index in [1.54, 1.807) is 0 Å². The Morgan fingerprint density at radius 1 is 1.32 bits per heavy atom. The van der Waals surface area contributed by atoms with Gasteiger partial charge in [0.25, 0.3) is 0 Å². The second-order valence-corrected chi connectivity index (χ2v) is 8.73. The van der Waals surface area contributed by atoms with Crippen LogP contribution in [0.25, 0.3) is 0 Å². The van der Waals surface area contributed by atoms with Gasteiger partial charge >= 0.3 is 0 Å². The predicted octanol–water partition coefficient (Wildman–Crippen LogP) is 2.29. The van der Waals surface area contributed by atoms with Gasteiger partial charge in [0, 0.05) is 13.0 Å². The summed E-state index contributed by atoms with van der Waals surface area (Å²) in [7, 11) is -3.07. The van der Waals surface area contributed by atoms with Crippen molar-refractivity contribution in [2.45, 2.75) is 39.0 Å². The molecule has 4 nitrogen and oxygen atoms in total. The Kier molecular flexibility index (Phi) is 5.62. The normalized spacial score (nSPS) is 17.5. The first-order valence-electron chi connectivity index (χ1n) is 7.92. The molecule has 0 unspecified atom stereocenters. The minimum atomic E-state index is -3.07. The molecule has 1 atom stereocenters. The van der Waals surface area contributed by atoms with E-state index in [1.807, 2.05) is 26.0 Å². The molecule has 5 heteroatoms. The van der Waals surface area contributed by atoms with Crippen molar-refractivity contribution in [1.29, 1.82) is 0 Å². The van der Waals surface area contributed by atoms with Crippen molar-refractivity contribution < 1.29 is 13.2 Å². The van der Waals surface area contributed by atoms with Crippen LogP contribution < -0.4 is 5.32 Å². The van der Waals surface area contributed by atoms with Crippen LogP contribution in [0.3, 0.4) is 0 Å². The molecule has 1 amide bonds. The summed E-state index contributed by atoms with van der Waals surface area (Å²) < 4.78 is 23.6. The van der Waals surface area contributed by atoms with Gasteiger partial charge in [0.1, 0.15) is 0 Å². The molecule has 0 aromatic heterocycles. The van der Waals surface area contributed by atoms with E-state index < -0.39 is 9.84 Å². The van der Waals surface area contributed by atoms with E-state index in [-0.39, 0.29) is 35.8 Å². The highest BCUT2D eigenvalue weighted by molar-refractivity contribution is 7.91. The monoisotopic (exact) mass is 323 g/mol. The van der Waals surface area contributed by atoms with Crippen LogP contribution in [0.2, 0.25) is 0 Å². The fourth-order valence-corrected chi connectivity index (χ4v) is 4.69. The second-order valence-electron chi connectivity index (χ2n) is 6.50. The molecule has 0 bridgehead atoms. The maximum absolute atomic E-state index is 12.0. The SMILES string of the molecule is CC(C)CS(=O)(=O)CCNC(=O)C[C@@H]1CCc2ccccc21. The first kappa shape index (κ1) is 17.0. The molecule has 1 aromatic carbocycles. The third-order valence-corrected chi connectivity index (χ3v) is 6.01. The van der Waals surface area contributed by atoms with Crippen molar-refractivity contribution in [2.24, 2.45) is 5.92 Å². The lowest BCUT2D eigenvalue weighted by Gasteiger charge is -2.12. The first-order chi connectivity index (χ1) is 10.4. The maximum atomic E-state index is 12.0. The van der Waals surface area contributed by atoms with Gasteiger partial charge in [0.15, 0.2) is 9.84 Å². The van der Waals surface area contributed by atoms with Crippen LogP contribution in [-0.4, -0.2) is 32.4 Å². The Morgan fingerprint density at radius 3 is 2.77 bits per heavy atom. The van der Waals surface area contributed by atoms with Gasteiger partial charge in [-0.25, -0.2) is 8.42 Å². The summed E-state index contributed by atoms with van der Waals surface area (Å²) in [6.45, 7) is 3.98. The van der Waals surface area contributed by atoms with Crippen molar-refractivity contribution in [1.82, 2.24) is 5.32 Å². The number of rotatable bonds is 7. The van der Waals surface area contributed by atoms with Crippen LogP contribution in [0.5, 0.6) is 0 Å². The summed E-state index contributed by atoms with van der Waals surface area (Å²) in [6.07, 6.45) is 2.47. The number of carbonyl (C=O) groups excluding carboxylic acids is 1.